The highest BCUT2D eigenvalue weighted by atomic mass is 35.5. The number of nitro benzene ring substituents is 2. The molecule has 0 saturated heterocycles. The van der Waals surface area contributed by atoms with Crippen molar-refractivity contribution in [1.82, 2.24) is 0 Å². The van der Waals surface area contributed by atoms with Gasteiger partial charge in [0.05, 0.1) is 9.85 Å². The fraction of sp³-hybridized carbons (Fsp3) is 0.143. The zero-order valence-electron chi connectivity index (χ0n) is 11.5. The molecule has 0 fully saturated rings. The molecule has 7 nitrogen and oxygen atoms in total. The fourth-order valence-electron chi connectivity index (χ4n) is 1.95. The Morgan fingerprint density at radius 2 is 1.77 bits per heavy atom. The number of hydrogen-bond donors (Lipinski definition) is 0. The predicted octanol–water partition coefficient (Wildman–Crippen LogP) is 4.04. The molecule has 2 aromatic carbocycles. The summed E-state index contributed by atoms with van der Waals surface area (Å²) in [6, 6.07) is 10.00. The van der Waals surface area contributed by atoms with E-state index < -0.39 is 26.2 Å². The van der Waals surface area contributed by atoms with Gasteiger partial charge in [0, 0.05) is 17.2 Å². The van der Waals surface area contributed by atoms with Crippen molar-refractivity contribution in [2.75, 3.05) is 0 Å². The van der Waals surface area contributed by atoms with E-state index in [9.17, 15) is 20.2 Å². The molecule has 0 bridgehead atoms. The van der Waals surface area contributed by atoms with Crippen molar-refractivity contribution in [1.29, 1.82) is 0 Å². The highest BCUT2D eigenvalue weighted by molar-refractivity contribution is 6.35. The van der Waals surface area contributed by atoms with Gasteiger partial charge in [0.1, 0.15) is 12.4 Å². The van der Waals surface area contributed by atoms with Crippen LogP contribution in [0.5, 0.6) is 5.75 Å². The molecule has 22 heavy (non-hydrogen) atoms. The minimum Gasteiger partial charge on any atom is -0.489 e. The molecule has 0 radical (unpaired) electrons. The largest absolute Gasteiger partial charge is 0.489 e. The second-order valence-electron chi connectivity index (χ2n) is 4.46. The Labute approximate surface area is 130 Å². The first-order valence-corrected chi connectivity index (χ1v) is 6.58. The summed E-state index contributed by atoms with van der Waals surface area (Å²) in [5, 5.41) is 21.6. The predicted molar refractivity (Wildman–Crippen MR) is 80.3 cm³/mol. The van der Waals surface area contributed by atoms with Gasteiger partial charge in [0.15, 0.2) is 5.02 Å². The molecule has 8 heteroatoms. The third-order valence-corrected chi connectivity index (χ3v) is 3.47. The van der Waals surface area contributed by atoms with Crippen molar-refractivity contribution in [2.45, 2.75) is 13.5 Å². The first-order valence-electron chi connectivity index (χ1n) is 6.20. The zero-order chi connectivity index (χ0) is 16.3. The van der Waals surface area contributed by atoms with Crippen LogP contribution in [0.4, 0.5) is 11.4 Å². The van der Waals surface area contributed by atoms with Gasteiger partial charge in [-0.1, -0.05) is 29.8 Å². The van der Waals surface area contributed by atoms with Crippen LogP contribution >= 0.6 is 11.6 Å². The molecule has 0 spiro atoms. The molecular formula is C14H11ClN2O5. The van der Waals surface area contributed by atoms with Crippen LogP contribution < -0.4 is 4.74 Å². The highest BCUT2D eigenvalue weighted by Crippen LogP contribution is 2.38. The Morgan fingerprint density at radius 1 is 1.14 bits per heavy atom. The van der Waals surface area contributed by atoms with Gasteiger partial charge in [-0.05, 0) is 19.1 Å². The summed E-state index contributed by atoms with van der Waals surface area (Å²) in [5.74, 6) is 0.558. The Kier molecular flexibility index (Phi) is 4.57. The van der Waals surface area contributed by atoms with Gasteiger partial charge >= 0.3 is 0 Å². The van der Waals surface area contributed by atoms with Crippen LogP contribution in [0.1, 0.15) is 11.1 Å². The molecule has 0 aliphatic carbocycles. The van der Waals surface area contributed by atoms with E-state index in [1.165, 1.54) is 13.0 Å². The van der Waals surface area contributed by atoms with Crippen LogP contribution in [-0.2, 0) is 6.61 Å². The van der Waals surface area contributed by atoms with Crippen molar-refractivity contribution < 1.29 is 14.6 Å². The van der Waals surface area contributed by atoms with E-state index in [1.807, 2.05) is 6.07 Å². The van der Waals surface area contributed by atoms with E-state index in [1.54, 1.807) is 24.3 Å². The highest BCUT2D eigenvalue weighted by Gasteiger charge is 2.29. The van der Waals surface area contributed by atoms with Gasteiger partial charge in [-0.25, -0.2) is 0 Å². The number of ether oxygens (including phenoxy) is 1. The smallest absolute Gasteiger partial charge is 0.298 e. The maximum absolute atomic E-state index is 11.1. The van der Waals surface area contributed by atoms with Crippen LogP contribution in [0.25, 0.3) is 0 Å². The monoisotopic (exact) mass is 322 g/mol. The summed E-state index contributed by atoms with van der Waals surface area (Å²) in [5.41, 5.74) is -0.392. The Balaban J connectivity index is 2.42. The van der Waals surface area contributed by atoms with Gasteiger partial charge in [0.25, 0.3) is 11.4 Å². The Morgan fingerprint density at radius 3 is 2.32 bits per heavy atom. The van der Waals surface area contributed by atoms with Crippen molar-refractivity contribution >= 4 is 23.0 Å². The number of benzene rings is 2. The van der Waals surface area contributed by atoms with Gasteiger partial charge < -0.3 is 4.74 Å². The molecule has 2 aromatic rings. The SMILES string of the molecule is Cc1c(COc2ccccc2)cc([N+](=O)[O-])c(Cl)c1[N+](=O)[O-]. The van der Waals surface area contributed by atoms with Crippen LogP contribution in [0.15, 0.2) is 36.4 Å². The number of nitro groups is 2. The van der Waals surface area contributed by atoms with E-state index in [2.05, 4.69) is 0 Å². The molecular weight excluding hydrogens is 312 g/mol. The number of halogens is 1. The van der Waals surface area contributed by atoms with Crippen LogP contribution in [0.3, 0.4) is 0 Å². The summed E-state index contributed by atoms with van der Waals surface area (Å²) in [7, 11) is 0. The quantitative estimate of drug-likeness (QED) is 0.611. The standard InChI is InChI=1S/C14H11ClN2O5/c1-9-10(8-22-11-5-3-2-4-6-11)7-12(16(18)19)13(15)14(9)17(20)21/h2-7H,8H2,1H3. The maximum atomic E-state index is 11.1. The van der Waals surface area contributed by atoms with Crippen LogP contribution in [0.2, 0.25) is 5.02 Å². The molecule has 0 atom stereocenters. The number of hydrogen-bond acceptors (Lipinski definition) is 5. The molecule has 2 rings (SSSR count). The number of para-hydroxylation sites is 1. The molecule has 0 N–H and O–H groups in total. The van der Waals surface area contributed by atoms with Gasteiger partial charge in [0.2, 0.25) is 0 Å². The zero-order valence-corrected chi connectivity index (χ0v) is 12.2. The van der Waals surface area contributed by atoms with Gasteiger partial charge in [-0.3, -0.25) is 20.2 Å². The van der Waals surface area contributed by atoms with Crippen molar-refractivity contribution in [3.63, 3.8) is 0 Å². The average molecular weight is 323 g/mol. The van der Waals surface area contributed by atoms with Crippen LogP contribution in [0, 0.1) is 27.2 Å². The topological polar surface area (TPSA) is 95.5 Å². The van der Waals surface area contributed by atoms with E-state index in [0.29, 0.717) is 11.3 Å². The summed E-state index contributed by atoms with van der Waals surface area (Å²) in [4.78, 5) is 20.6. The Hall–Kier alpha value is -2.67. The second-order valence-corrected chi connectivity index (χ2v) is 4.84. The van der Waals surface area contributed by atoms with Crippen molar-refractivity contribution in [2.24, 2.45) is 0 Å². The van der Waals surface area contributed by atoms with Crippen molar-refractivity contribution in [3.8, 4) is 5.75 Å². The summed E-state index contributed by atoms with van der Waals surface area (Å²) < 4.78 is 5.49. The first kappa shape index (κ1) is 15.7. The molecule has 114 valence electrons. The summed E-state index contributed by atoms with van der Waals surface area (Å²) in [6.45, 7) is 1.45. The van der Waals surface area contributed by atoms with E-state index in [-0.39, 0.29) is 12.2 Å². The molecule has 0 unspecified atom stereocenters. The van der Waals surface area contributed by atoms with Crippen molar-refractivity contribution in [3.05, 3.63) is 72.8 Å². The summed E-state index contributed by atoms with van der Waals surface area (Å²) in [6.07, 6.45) is 0. The minimum absolute atomic E-state index is 0.0330. The lowest BCUT2D eigenvalue weighted by Crippen LogP contribution is -2.04. The number of rotatable bonds is 5. The third kappa shape index (κ3) is 3.15. The molecule has 0 heterocycles. The lowest BCUT2D eigenvalue weighted by molar-refractivity contribution is -0.394. The fourth-order valence-corrected chi connectivity index (χ4v) is 2.29. The second kappa shape index (κ2) is 6.40. The molecule has 0 aromatic heterocycles. The molecule has 0 saturated carbocycles. The normalized spacial score (nSPS) is 10.3. The molecule has 0 aliphatic rings. The molecule has 0 aliphatic heterocycles. The molecule has 0 amide bonds. The minimum atomic E-state index is -0.749. The van der Waals surface area contributed by atoms with E-state index in [0.717, 1.165) is 0 Å². The van der Waals surface area contributed by atoms with Gasteiger partial charge in [-0.2, -0.15) is 0 Å². The van der Waals surface area contributed by atoms with E-state index in [4.69, 9.17) is 16.3 Å². The van der Waals surface area contributed by atoms with Gasteiger partial charge in [-0.15, -0.1) is 0 Å². The van der Waals surface area contributed by atoms with Crippen LogP contribution in [-0.4, -0.2) is 9.85 Å². The number of nitrogens with zero attached hydrogens (tertiary/aromatic N) is 2. The summed E-state index contributed by atoms with van der Waals surface area (Å²) >= 11 is 5.77. The lowest BCUT2D eigenvalue weighted by atomic mass is 10.1. The lowest BCUT2D eigenvalue weighted by Gasteiger charge is -2.10. The van der Waals surface area contributed by atoms with E-state index >= 15 is 0 Å². The average Bonchev–Trinajstić information content (AvgIpc) is 2.47. The first-order chi connectivity index (χ1) is 10.4. The Bertz CT molecular complexity index is 734. The third-order valence-electron chi connectivity index (χ3n) is 3.10. The maximum Gasteiger partial charge on any atom is 0.298 e.